The summed E-state index contributed by atoms with van der Waals surface area (Å²) in [5.74, 6) is -1.71. The zero-order valence-electron chi connectivity index (χ0n) is 8.79. The van der Waals surface area contributed by atoms with Gasteiger partial charge in [-0.2, -0.15) is 0 Å². The molecule has 2 heterocycles. The molecule has 1 aromatic heterocycles. The lowest BCUT2D eigenvalue weighted by molar-refractivity contribution is -0.0221. The highest BCUT2D eigenvalue weighted by Gasteiger charge is 2.34. The second-order valence-electron chi connectivity index (χ2n) is 3.99. The molecule has 1 saturated heterocycles. The quantitative estimate of drug-likeness (QED) is 0.764. The Labute approximate surface area is 92.2 Å². The first kappa shape index (κ1) is 10.9. The first-order chi connectivity index (χ1) is 7.48. The Balaban J connectivity index is 2.17. The number of hydrogen-bond donors (Lipinski definition) is 2. The van der Waals surface area contributed by atoms with Crippen LogP contribution in [0.1, 0.15) is 12.8 Å². The smallest absolute Gasteiger partial charge is 0.251 e. The second-order valence-corrected chi connectivity index (χ2v) is 3.99. The van der Waals surface area contributed by atoms with Gasteiger partial charge in [-0.05, 0) is 12.1 Å². The van der Waals surface area contributed by atoms with E-state index in [4.69, 9.17) is 11.5 Å². The first-order valence-electron chi connectivity index (χ1n) is 5.13. The molecule has 0 saturated carbocycles. The molecule has 0 spiro atoms. The third kappa shape index (κ3) is 2.15. The molecule has 0 aromatic carbocycles. The maximum Gasteiger partial charge on any atom is 0.251 e. The number of halogens is 2. The molecule has 6 heteroatoms. The van der Waals surface area contributed by atoms with Crippen molar-refractivity contribution in [1.82, 2.24) is 4.98 Å². The first-order valence-corrected chi connectivity index (χ1v) is 5.13. The maximum absolute atomic E-state index is 13.0. The molecular weight excluding hydrogens is 214 g/mol. The predicted octanol–water partition coefficient (Wildman–Crippen LogP) is 1.48. The van der Waals surface area contributed by atoms with Gasteiger partial charge < -0.3 is 16.4 Å². The molecule has 88 valence electrons. The van der Waals surface area contributed by atoms with Gasteiger partial charge in [-0.1, -0.05) is 0 Å². The molecular formula is C10H14F2N4. The minimum Gasteiger partial charge on any atom is -0.396 e. The zero-order chi connectivity index (χ0) is 11.8. The summed E-state index contributed by atoms with van der Waals surface area (Å²) in [5, 5.41) is 0. The molecule has 0 unspecified atom stereocenters. The Morgan fingerprint density at radius 1 is 1.19 bits per heavy atom. The number of nitrogen functional groups attached to an aromatic ring is 2. The normalized spacial score (nSPS) is 19.8. The number of alkyl halides is 2. The lowest BCUT2D eigenvalue weighted by Gasteiger charge is -2.33. The minimum atomic E-state index is -2.56. The number of anilines is 3. The highest BCUT2D eigenvalue weighted by atomic mass is 19.3. The predicted molar refractivity (Wildman–Crippen MR) is 59.5 cm³/mol. The fourth-order valence-electron chi connectivity index (χ4n) is 1.77. The number of aromatic nitrogens is 1. The number of nitrogens with zero attached hydrogens (tertiary/aromatic N) is 2. The summed E-state index contributed by atoms with van der Waals surface area (Å²) in [6.45, 7) is 0.515. The molecule has 1 fully saturated rings. The molecule has 4 N–H and O–H groups in total. The van der Waals surface area contributed by atoms with E-state index in [2.05, 4.69) is 4.98 Å². The Morgan fingerprint density at radius 3 is 2.44 bits per heavy atom. The number of rotatable bonds is 1. The van der Waals surface area contributed by atoms with Crippen LogP contribution in [0.15, 0.2) is 12.1 Å². The van der Waals surface area contributed by atoms with Crippen molar-refractivity contribution < 1.29 is 8.78 Å². The van der Waals surface area contributed by atoms with E-state index in [0.717, 1.165) is 0 Å². The summed E-state index contributed by atoms with van der Waals surface area (Å²) in [4.78, 5) is 5.83. The van der Waals surface area contributed by atoms with Crippen LogP contribution in [0.5, 0.6) is 0 Å². The zero-order valence-corrected chi connectivity index (χ0v) is 8.79. The number of nitrogens with two attached hydrogens (primary N) is 2. The third-order valence-electron chi connectivity index (χ3n) is 2.72. The van der Waals surface area contributed by atoms with Gasteiger partial charge in [0.25, 0.3) is 5.92 Å². The molecule has 0 amide bonds. The van der Waals surface area contributed by atoms with Crippen molar-refractivity contribution in [2.75, 3.05) is 29.5 Å². The van der Waals surface area contributed by atoms with Crippen LogP contribution in [0.4, 0.5) is 26.1 Å². The van der Waals surface area contributed by atoms with Crippen LogP contribution in [0, 0.1) is 0 Å². The van der Waals surface area contributed by atoms with Gasteiger partial charge in [-0.15, -0.1) is 0 Å². The van der Waals surface area contributed by atoms with E-state index in [-0.39, 0.29) is 25.9 Å². The van der Waals surface area contributed by atoms with Gasteiger partial charge in [0, 0.05) is 25.9 Å². The molecule has 4 nitrogen and oxygen atoms in total. The van der Waals surface area contributed by atoms with Crippen LogP contribution in [0.25, 0.3) is 0 Å². The number of pyridine rings is 1. The topological polar surface area (TPSA) is 68.2 Å². The van der Waals surface area contributed by atoms with Gasteiger partial charge >= 0.3 is 0 Å². The third-order valence-corrected chi connectivity index (χ3v) is 2.72. The summed E-state index contributed by atoms with van der Waals surface area (Å²) in [5.41, 5.74) is 11.8. The molecule has 2 rings (SSSR count). The van der Waals surface area contributed by atoms with E-state index >= 15 is 0 Å². The van der Waals surface area contributed by atoms with Crippen LogP contribution in [-0.2, 0) is 0 Å². The van der Waals surface area contributed by atoms with Crippen molar-refractivity contribution in [3.63, 3.8) is 0 Å². The Morgan fingerprint density at radius 2 is 1.81 bits per heavy atom. The van der Waals surface area contributed by atoms with Crippen molar-refractivity contribution in [1.29, 1.82) is 0 Å². The summed E-state index contributed by atoms with van der Waals surface area (Å²) in [6.07, 6.45) is -0.328. The van der Waals surface area contributed by atoms with E-state index in [1.807, 2.05) is 0 Å². The largest absolute Gasteiger partial charge is 0.396 e. The van der Waals surface area contributed by atoms with E-state index < -0.39 is 5.92 Å². The Bertz CT molecular complexity index is 384. The van der Waals surface area contributed by atoms with Gasteiger partial charge in [0.1, 0.15) is 5.82 Å². The number of hydrogen-bond acceptors (Lipinski definition) is 4. The van der Waals surface area contributed by atoms with Crippen molar-refractivity contribution >= 4 is 17.3 Å². The highest BCUT2D eigenvalue weighted by molar-refractivity contribution is 5.65. The lowest BCUT2D eigenvalue weighted by atomic mass is 10.1. The van der Waals surface area contributed by atoms with Crippen LogP contribution < -0.4 is 16.4 Å². The summed E-state index contributed by atoms with van der Waals surface area (Å²) in [7, 11) is 0. The molecule has 0 aliphatic carbocycles. The average Bonchev–Trinajstić information content (AvgIpc) is 2.22. The highest BCUT2D eigenvalue weighted by Crippen LogP contribution is 2.31. The molecule has 0 radical (unpaired) electrons. The summed E-state index contributed by atoms with van der Waals surface area (Å²) >= 11 is 0. The van der Waals surface area contributed by atoms with Crippen LogP contribution in [0.3, 0.4) is 0 Å². The fraction of sp³-hybridized carbons (Fsp3) is 0.500. The summed E-state index contributed by atoms with van der Waals surface area (Å²) in [6, 6.07) is 3.24. The van der Waals surface area contributed by atoms with Gasteiger partial charge in [0.05, 0.1) is 5.69 Å². The average molecular weight is 228 g/mol. The van der Waals surface area contributed by atoms with Gasteiger partial charge in [0.15, 0.2) is 5.82 Å². The molecule has 16 heavy (non-hydrogen) atoms. The van der Waals surface area contributed by atoms with Crippen molar-refractivity contribution in [2.45, 2.75) is 18.8 Å². The second kappa shape index (κ2) is 3.77. The van der Waals surface area contributed by atoms with E-state index in [9.17, 15) is 8.78 Å². The molecule has 1 aliphatic rings. The minimum absolute atomic E-state index is 0.164. The lowest BCUT2D eigenvalue weighted by Crippen LogP contribution is -2.40. The molecule has 1 aromatic rings. The molecule has 0 atom stereocenters. The fourth-order valence-corrected chi connectivity index (χ4v) is 1.77. The van der Waals surface area contributed by atoms with Gasteiger partial charge in [0.2, 0.25) is 0 Å². The van der Waals surface area contributed by atoms with Crippen molar-refractivity contribution in [3.05, 3.63) is 12.1 Å². The molecule has 1 aliphatic heterocycles. The van der Waals surface area contributed by atoms with Crippen molar-refractivity contribution in [3.8, 4) is 0 Å². The summed E-state index contributed by atoms with van der Waals surface area (Å²) < 4.78 is 25.9. The van der Waals surface area contributed by atoms with Crippen LogP contribution in [-0.4, -0.2) is 24.0 Å². The molecule has 0 bridgehead atoms. The standard InChI is InChI=1S/C10H14F2N4/c11-10(12)3-5-16(6-4-10)9-7(13)1-2-8(14)15-9/h1-2H,3-6,13H2,(H2,14,15). The van der Waals surface area contributed by atoms with Crippen molar-refractivity contribution in [2.24, 2.45) is 0 Å². The van der Waals surface area contributed by atoms with E-state index in [0.29, 0.717) is 17.3 Å². The van der Waals surface area contributed by atoms with Gasteiger partial charge in [-0.25, -0.2) is 13.8 Å². The SMILES string of the molecule is Nc1ccc(N)c(N2CCC(F)(F)CC2)n1. The Hall–Kier alpha value is -1.59. The van der Waals surface area contributed by atoms with E-state index in [1.165, 1.54) is 0 Å². The number of piperidine rings is 1. The van der Waals surface area contributed by atoms with Crippen LogP contribution >= 0.6 is 0 Å². The Kier molecular flexibility index (Phi) is 2.57. The monoisotopic (exact) mass is 228 g/mol. The van der Waals surface area contributed by atoms with E-state index in [1.54, 1.807) is 17.0 Å². The maximum atomic E-state index is 13.0. The van der Waals surface area contributed by atoms with Gasteiger partial charge in [-0.3, -0.25) is 0 Å². The van der Waals surface area contributed by atoms with Crippen LogP contribution in [0.2, 0.25) is 0 Å².